The van der Waals surface area contributed by atoms with Gasteiger partial charge in [0.05, 0.1) is 15.4 Å². The number of carbonyl (C=O) groups is 2. The quantitative estimate of drug-likeness (QED) is 0.854. The van der Waals surface area contributed by atoms with Crippen LogP contribution in [0, 0.1) is 0 Å². The van der Waals surface area contributed by atoms with Gasteiger partial charge in [-0.15, -0.1) is 11.3 Å². The minimum atomic E-state index is -3.29. The first-order valence-electron chi connectivity index (χ1n) is 5.88. The van der Waals surface area contributed by atoms with Crippen LogP contribution in [0.5, 0.6) is 0 Å². The second kappa shape index (κ2) is 5.92. The molecule has 8 heteroatoms. The number of nitrogens with one attached hydrogen (secondary N) is 1. The number of carboxylic acid groups (broad SMARTS) is 1. The summed E-state index contributed by atoms with van der Waals surface area (Å²) < 4.78 is 22.8. The van der Waals surface area contributed by atoms with Crippen molar-refractivity contribution in [3.05, 3.63) is 21.9 Å². The fourth-order valence-electron chi connectivity index (χ4n) is 1.27. The van der Waals surface area contributed by atoms with Crippen LogP contribution in [0.4, 0.5) is 0 Å². The number of rotatable bonds is 5. The monoisotopic (exact) mass is 319 g/mol. The van der Waals surface area contributed by atoms with Crippen molar-refractivity contribution in [1.82, 2.24) is 5.32 Å². The summed E-state index contributed by atoms with van der Waals surface area (Å²) in [6, 6.07) is 2.75. The van der Waals surface area contributed by atoms with Crippen molar-refractivity contribution in [3.8, 4) is 0 Å². The first-order valence-corrected chi connectivity index (χ1v) is 8.35. The largest absolute Gasteiger partial charge is 0.477 e. The molecule has 1 heterocycles. The molecule has 0 radical (unpaired) electrons. The highest BCUT2D eigenvalue weighted by atomic mass is 32.2. The molecule has 6 nitrogen and oxygen atoms in total. The maximum Gasteiger partial charge on any atom is 0.345 e. The SMILES string of the molecule is CC(C)(C)S(=O)(=O)CCNC(=O)c1ccc(C(=O)O)s1. The van der Waals surface area contributed by atoms with E-state index in [2.05, 4.69) is 5.32 Å². The summed E-state index contributed by atoms with van der Waals surface area (Å²) in [4.78, 5) is 22.7. The minimum absolute atomic E-state index is 0.00125. The third-order valence-electron chi connectivity index (χ3n) is 2.63. The summed E-state index contributed by atoms with van der Waals surface area (Å²) in [5.41, 5.74) is 0. The maximum atomic E-state index is 11.8. The molecule has 0 aromatic carbocycles. The third kappa shape index (κ3) is 4.04. The molecule has 0 aliphatic carbocycles. The zero-order chi connectivity index (χ0) is 15.6. The Morgan fingerprint density at radius 2 is 1.80 bits per heavy atom. The van der Waals surface area contributed by atoms with Crippen LogP contribution in [0.2, 0.25) is 0 Å². The molecule has 112 valence electrons. The number of aromatic carboxylic acids is 1. The zero-order valence-electron chi connectivity index (χ0n) is 11.5. The van der Waals surface area contributed by atoms with E-state index >= 15 is 0 Å². The fraction of sp³-hybridized carbons (Fsp3) is 0.500. The van der Waals surface area contributed by atoms with Gasteiger partial charge in [-0.3, -0.25) is 4.79 Å². The van der Waals surface area contributed by atoms with Crippen molar-refractivity contribution in [3.63, 3.8) is 0 Å². The summed E-state index contributed by atoms with van der Waals surface area (Å²) >= 11 is 0.852. The minimum Gasteiger partial charge on any atom is -0.477 e. The standard InChI is InChI=1S/C12H17NO5S2/c1-12(2,3)20(17,18)7-6-13-10(14)8-4-5-9(19-8)11(15)16/h4-5H,6-7H2,1-3H3,(H,13,14)(H,15,16). The van der Waals surface area contributed by atoms with Crippen LogP contribution < -0.4 is 5.32 Å². The number of carbonyl (C=O) groups excluding carboxylic acids is 1. The number of hydrogen-bond acceptors (Lipinski definition) is 5. The highest BCUT2D eigenvalue weighted by Crippen LogP contribution is 2.17. The van der Waals surface area contributed by atoms with Crippen molar-refractivity contribution >= 4 is 33.1 Å². The highest BCUT2D eigenvalue weighted by molar-refractivity contribution is 7.92. The predicted octanol–water partition coefficient (Wildman–Crippen LogP) is 1.39. The van der Waals surface area contributed by atoms with Gasteiger partial charge in [-0.05, 0) is 32.9 Å². The molecule has 0 saturated heterocycles. The zero-order valence-corrected chi connectivity index (χ0v) is 13.1. The van der Waals surface area contributed by atoms with E-state index in [1.807, 2.05) is 0 Å². The van der Waals surface area contributed by atoms with Gasteiger partial charge < -0.3 is 10.4 Å². The second-order valence-electron chi connectivity index (χ2n) is 5.16. The highest BCUT2D eigenvalue weighted by Gasteiger charge is 2.28. The average Bonchev–Trinajstić information content (AvgIpc) is 2.76. The van der Waals surface area contributed by atoms with Crippen LogP contribution in [0.3, 0.4) is 0 Å². The molecule has 0 atom stereocenters. The molecule has 0 aliphatic heterocycles. The first kappa shape index (κ1) is 16.6. The van der Waals surface area contributed by atoms with E-state index in [9.17, 15) is 18.0 Å². The van der Waals surface area contributed by atoms with Crippen LogP contribution in [0.25, 0.3) is 0 Å². The Hall–Kier alpha value is -1.41. The molecule has 1 aromatic rings. The summed E-state index contributed by atoms with van der Waals surface area (Å²) in [6.07, 6.45) is 0. The van der Waals surface area contributed by atoms with Crippen molar-refractivity contribution < 1.29 is 23.1 Å². The van der Waals surface area contributed by atoms with Gasteiger partial charge in [0.2, 0.25) is 0 Å². The molecule has 20 heavy (non-hydrogen) atoms. The maximum absolute atomic E-state index is 11.8. The van der Waals surface area contributed by atoms with Crippen LogP contribution in [-0.4, -0.2) is 42.4 Å². The lowest BCUT2D eigenvalue weighted by Gasteiger charge is -2.19. The smallest absolute Gasteiger partial charge is 0.345 e. The van der Waals surface area contributed by atoms with E-state index in [4.69, 9.17) is 5.11 Å². The lowest BCUT2D eigenvalue weighted by molar-refractivity contribution is 0.0702. The Balaban J connectivity index is 2.58. The van der Waals surface area contributed by atoms with E-state index in [1.165, 1.54) is 12.1 Å². The lowest BCUT2D eigenvalue weighted by Crippen LogP contribution is -2.36. The molecular weight excluding hydrogens is 302 g/mol. The van der Waals surface area contributed by atoms with Crippen LogP contribution >= 0.6 is 11.3 Å². The molecule has 0 bridgehead atoms. The Kier molecular flexibility index (Phi) is 4.93. The lowest BCUT2D eigenvalue weighted by atomic mass is 10.3. The van der Waals surface area contributed by atoms with Gasteiger partial charge >= 0.3 is 5.97 Å². The molecule has 0 aliphatic rings. The molecule has 0 saturated carbocycles. The molecular formula is C12H17NO5S2. The van der Waals surface area contributed by atoms with Crippen LogP contribution in [-0.2, 0) is 9.84 Å². The molecule has 1 amide bonds. The summed E-state index contributed by atoms with van der Waals surface area (Å²) in [7, 11) is -3.29. The van der Waals surface area contributed by atoms with Crippen LogP contribution in [0.1, 0.15) is 40.1 Å². The van der Waals surface area contributed by atoms with E-state index in [0.717, 1.165) is 11.3 Å². The summed E-state index contributed by atoms with van der Waals surface area (Å²) in [6.45, 7) is 4.80. The van der Waals surface area contributed by atoms with Gasteiger partial charge in [0.15, 0.2) is 9.84 Å². The van der Waals surface area contributed by atoms with Gasteiger partial charge in [-0.1, -0.05) is 0 Å². The molecule has 1 rings (SSSR count). The van der Waals surface area contributed by atoms with E-state index in [-0.39, 0.29) is 22.1 Å². The van der Waals surface area contributed by atoms with Gasteiger partial charge in [-0.25, -0.2) is 13.2 Å². The van der Waals surface area contributed by atoms with Gasteiger partial charge in [0.1, 0.15) is 4.88 Å². The Bertz CT molecular complexity index is 610. The summed E-state index contributed by atoms with van der Waals surface area (Å²) in [5, 5.41) is 11.2. The van der Waals surface area contributed by atoms with Crippen molar-refractivity contribution in [2.45, 2.75) is 25.5 Å². The predicted molar refractivity (Wildman–Crippen MR) is 77.2 cm³/mol. The molecule has 2 N–H and O–H groups in total. The number of carboxylic acids is 1. The first-order chi connectivity index (χ1) is 9.04. The molecule has 0 fully saturated rings. The summed E-state index contributed by atoms with van der Waals surface area (Å²) in [5.74, 6) is -1.71. The molecule has 1 aromatic heterocycles. The third-order valence-corrected chi connectivity index (χ3v) is 6.31. The van der Waals surface area contributed by atoms with Crippen molar-refractivity contribution in [2.24, 2.45) is 0 Å². The Labute approximate surface area is 121 Å². The molecule has 0 unspecified atom stereocenters. The Morgan fingerprint density at radius 1 is 1.25 bits per heavy atom. The van der Waals surface area contributed by atoms with E-state index in [1.54, 1.807) is 20.8 Å². The Morgan fingerprint density at radius 3 is 2.25 bits per heavy atom. The van der Waals surface area contributed by atoms with Crippen LogP contribution in [0.15, 0.2) is 12.1 Å². The average molecular weight is 319 g/mol. The van der Waals surface area contributed by atoms with E-state index in [0.29, 0.717) is 0 Å². The second-order valence-corrected chi connectivity index (χ2v) is 9.10. The van der Waals surface area contributed by atoms with Crippen molar-refractivity contribution in [2.75, 3.05) is 12.3 Å². The number of hydrogen-bond donors (Lipinski definition) is 2. The van der Waals surface area contributed by atoms with Gasteiger partial charge in [0, 0.05) is 6.54 Å². The van der Waals surface area contributed by atoms with E-state index < -0.39 is 26.5 Å². The number of amides is 1. The molecule has 0 spiro atoms. The van der Waals surface area contributed by atoms with Gasteiger partial charge in [-0.2, -0.15) is 0 Å². The normalized spacial score (nSPS) is 12.2. The fourth-order valence-corrected chi connectivity index (χ4v) is 3.01. The topological polar surface area (TPSA) is 101 Å². The van der Waals surface area contributed by atoms with Gasteiger partial charge in [0.25, 0.3) is 5.91 Å². The number of thiophene rings is 1. The van der Waals surface area contributed by atoms with Crippen molar-refractivity contribution in [1.29, 1.82) is 0 Å². The number of sulfone groups is 1.